The summed E-state index contributed by atoms with van der Waals surface area (Å²) in [6.45, 7) is 1.11. The van der Waals surface area contributed by atoms with Crippen LogP contribution in [0.2, 0.25) is 0 Å². The second kappa shape index (κ2) is 6.80. The van der Waals surface area contributed by atoms with Crippen molar-refractivity contribution in [1.29, 1.82) is 0 Å². The number of amides is 1. The normalized spacial score (nSPS) is 14.2. The number of carbonyl (C=O) groups is 1. The number of benzene rings is 1. The SMILES string of the molecule is COc1ccc(C(=O)N2CC(c3nc(-c4cccs4)no3)C2)cc1OC. The van der Waals surface area contributed by atoms with E-state index in [1.54, 1.807) is 48.7 Å². The number of ether oxygens (including phenoxy) is 2. The Hall–Kier alpha value is -2.87. The average molecular weight is 371 g/mol. The molecule has 26 heavy (non-hydrogen) atoms. The maximum atomic E-state index is 12.6. The van der Waals surface area contributed by atoms with E-state index in [0.29, 0.717) is 41.9 Å². The van der Waals surface area contributed by atoms with Crippen molar-refractivity contribution in [3.8, 4) is 22.2 Å². The summed E-state index contributed by atoms with van der Waals surface area (Å²) < 4.78 is 15.8. The van der Waals surface area contributed by atoms with Crippen molar-refractivity contribution < 1.29 is 18.8 Å². The third-order valence-electron chi connectivity index (χ3n) is 4.33. The summed E-state index contributed by atoms with van der Waals surface area (Å²) in [7, 11) is 3.11. The van der Waals surface area contributed by atoms with Gasteiger partial charge in [-0.05, 0) is 29.6 Å². The van der Waals surface area contributed by atoms with Gasteiger partial charge in [-0.15, -0.1) is 11.3 Å². The smallest absolute Gasteiger partial charge is 0.254 e. The lowest BCUT2D eigenvalue weighted by Gasteiger charge is -2.37. The molecule has 7 nitrogen and oxygen atoms in total. The molecule has 1 fully saturated rings. The van der Waals surface area contributed by atoms with Crippen molar-refractivity contribution in [2.24, 2.45) is 0 Å². The minimum Gasteiger partial charge on any atom is -0.493 e. The Labute approximate surface area is 154 Å². The third kappa shape index (κ3) is 2.92. The van der Waals surface area contributed by atoms with Crippen LogP contribution >= 0.6 is 11.3 Å². The highest BCUT2D eigenvalue weighted by molar-refractivity contribution is 7.13. The summed E-state index contributed by atoms with van der Waals surface area (Å²) in [5, 5.41) is 5.99. The Kier molecular flexibility index (Phi) is 4.34. The van der Waals surface area contributed by atoms with E-state index in [2.05, 4.69) is 10.1 Å². The van der Waals surface area contributed by atoms with E-state index >= 15 is 0 Å². The average Bonchev–Trinajstić information content (AvgIpc) is 3.31. The van der Waals surface area contributed by atoms with E-state index in [1.165, 1.54) is 0 Å². The van der Waals surface area contributed by atoms with Gasteiger partial charge in [0.25, 0.3) is 5.91 Å². The molecule has 0 aliphatic carbocycles. The van der Waals surface area contributed by atoms with E-state index in [1.807, 2.05) is 17.5 Å². The lowest BCUT2D eigenvalue weighted by molar-refractivity contribution is 0.0569. The Morgan fingerprint density at radius 2 is 2.04 bits per heavy atom. The molecule has 1 aliphatic rings. The van der Waals surface area contributed by atoms with Crippen molar-refractivity contribution >= 4 is 17.2 Å². The summed E-state index contributed by atoms with van der Waals surface area (Å²) in [6, 6.07) is 9.05. The molecule has 1 saturated heterocycles. The number of rotatable bonds is 5. The number of aromatic nitrogens is 2. The van der Waals surface area contributed by atoms with Gasteiger partial charge in [-0.25, -0.2) is 0 Å². The van der Waals surface area contributed by atoms with Crippen molar-refractivity contribution in [2.45, 2.75) is 5.92 Å². The van der Waals surface area contributed by atoms with Crippen LogP contribution in [0.3, 0.4) is 0 Å². The molecule has 1 aromatic carbocycles. The number of hydrogen-bond donors (Lipinski definition) is 0. The van der Waals surface area contributed by atoms with Gasteiger partial charge in [0.15, 0.2) is 11.5 Å². The molecule has 2 aromatic heterocycles. The fourth-order valence-corrected chi connectivity index (χ4v) is 3.51. The summed E-state index contributed by atoms with van der Waals surface area (Å²) in [5.74, 6) is 2.32. The van der Waals surface area contributed by atoms with Gasteiger partial charge in [-0.2, -0.15) is 4.98 Å². The van der Waals surface area contributed by atoms with Crippen LogP contribution in [0.1, 0.15) is 22.2 Å². The number of likely N-dealkylation sites (tertiary alicyclic amines) is 1. The van der Waals surface area contributed by atoms with Crippen LogP contribution in [0.5, 0.6) is 11.5 Å². The van der Waals surface area contributed by atoms with Crippen molar-refractivity contribution in [3.05, 3.63) is 47.2 Å². The lowest BCUT2D eigenvalue weighted by atomic mass is 9.98. The highest BCUT2D eigenvalue weighted by atomic mass is 32.1. The molecular formula is C18H17N3O4S. The molecule has 0 atom stereocenters. The highest BCUT2D eigenvalue weighted by Gasteiger charge is 2.36. The van der Waals surface area contributed by atoms with E-state index in [4.69, 9.17) is 14.0 Å². The van der Waals surface area contributed by atoms with Crippen molar-refractivity contribution in [2.75, 3.05) is 27.3 Å². The number of nitrogens with zero attached hydrogens (tertiary/aromatic N) is 3. The first-order valence-corrected chi connectivity index (χ1v) is 8.96. The molecule has 0 bridgehead atoms. The lowest BCUT2D eigenvalue weighted by Crippen LogP contribution is -2.48. The Morgan fingerprint density at radius 3 is 2.73 bits per heavy atom. The van der Waals surface area contributed by atoms with Gasteiger partial charge in [0, 0.05) is 18.7 Å². The Bertz CT molecular complexity index is 916. The largest absolute Gasteiger partial charge is 0.493 e. The molecule has 3 aromatic rings. The fourth-order valence-electron chi connectivity index (χ4n) is 2.86. The van der Waals surface area contributed by atoms with E-state index in [9.17, 15) is 4.79 Å². The highest BCUT2D eigenvalue weighted by Crippen LogP contribution is 2.32. The predicted molar refractivity (Wildman–Crippen MR) is 95.8 cm³/mol. The molecule has 0 spiro atoms. The van der Waals surface area contributed by atoms with Crippen molar-refractivity contribution in [1.82, 2.24) is 15.0 Å². The van der Waals surface area contributed by atoms with E-state index in [-0.39, 0.29) is 11.8 Å². The molecule has 3 heterocycles. The monoisotopic (exact) mass is 371 g/mol. The first-order valence-electron chi connectivity index (χ1n) is 8.08. The van der Waals surface area contributed by atoms with Gasteiger partial charge < -0.3 is 18.9 Å². The van der Waals surface area contributed by atoms with Gasteiger partial charge in [0.05, 0.1) is 25.0 Å². The predicted octanol–water partition coefficient (Wildman–Crippen LogP) is 3.05. The van der Waals surface area contributed by atoms with E-state index in [0.717, 1.165) is 4.88 Å². The molecule has 134 valence electrons. The van der Waals surface area contributed by atoms with Crippen LogP contribution in [0.25, 0.3) is 10.7 Å². The molecule has 0 N–H and O–H groups in total. The van der Waals surface area contributed by atoms with Crippen LogP contribution in [0.15, 0.2) is 40.2 Å². The topological polar surface area (TPSA) is 77.7 Å². The van der Waals surface area contributed by atoms with Crippen LogP contribution in [-0.4, -0.2) is 48.3 Å². The van der Waals surface area contributed by atoms with Gasteiger partial charge in [0.1, 0.15) is 0 Å². The second-order valence-electron chi connectivity index (χ2n) is 5.91. The van der Waals surface area contributed by atoms with Gasteiger partial charge in [0.2, 0.25) is 11.7 Å². The standard InChI is InChI=1S/C18H17N3O4S/c1-23-13-6-5-11(8-14(13)24-2)18(22)21-9-12(10-21)17-19-16(20-25-17)15-4-3-7-26-15/h3-8,12H,9-10H2,1-2H3. The number of thiophene rings is 1. The van der Waals surface area contributed by atoms with Gasteiger partial charge >= 0.3 is 0 Å². The Balaban J connectivity index is 1.42. The first kappa shape index (κ1) is 16.6. The summed E-state index contributed by atoms with van der Waals surface area (Å²) in [5.41, 5.74) is 0.561. The second-order valence-corrected chi connectivity index (χ2v) is 6.86. The molecule has 4 rings (SSSR count). The summed E-state index contributed by atoms with van der Waals surface area (Å²) in [6.07, 6.45) is 0. The quantitative estimate of drug-likeness (QED) is 0.686. The third-order valence-corrected chi connectivity index (χ3v) is 5.20. The molecule has 0 unspecified atom stereocenters. The zero-order chi connectivity index (χ0) is 18.1. The summed E-state index contributed by atoms with van der Waals surface area (Å²) >= 11 is 1.56. The van der Waals surface area contributed by atoms with E-state index < -0.39 is 0 Å². The first-order chi connectivity index (χ1) is 12.7. The van der Waals surface area contributed by atoms with Crippen LogP contribution in [0, 0.1) is 0 Å². The molecule has 0 saturated carbocycles. The molecule has 1 amide bonds. The van der Waals surface area contributed by atoms with Gasteiger partial charge in [-0.3, -0.25) is 4.79 Å². The molecular weight excluding hydrogens is 354 g/mol. The molecule has 0 radical (unpaired) electrons. The zero-order valence-corrected chi connectivity index (χ0v) is 15.2. The van der Waals surface area contributed by atoms with Crippen LogP contribution in [-0.2, 0) is 0 Å². The Morgan fingerprint density at radius 1 is 1.23 bits per heavy atom. The number of methoxy groups -OCH3 is 2. The van der Waals surface area contributed by atoms with Crippen LogP contribution in [0.4, 0.5) is 0 Å². The van der Waals surface area contributed by atoms with Crippen LogP contribution < -0.4 is 9.47 Å². The minimum atomic E-state index is -0.0554. The summed E-state index contributed by atoms with van der Waals surface area (Å²) in [4.78, 5) is 19.8. The minimum absolute atomic E-state index is 0.0554. The van der Waals surface area contributed by atoms with Crippen molar-refractivity contribution in [3.63, 3.8) is 0 Å². The molecule has 1 aliphatic heterocycles. The zero-order valence-electron chi connectivity index (χ0n) is 14.3. The molecule has 8 heteroatoms. The fraction of sp³-hybridized carbons (Fsp3) is 0.278. The number of carbonyl (C=O) groups excluding carboxylic acids is 1. The maximum absolute atomic E-state index is 12.6. The number of hydrogen-bond acceptors (Lipinski definition) is 7. The maximum Gasteiger partial charge on any atom is 0.254 e. The van der Waals surface area contributed by atoms with Gasteiger partial charge in [-0.1, -0.05) is 11.2 Å².